The fraction of sp³-hybridized carbons (Fsp3) is 0.364. The van der Waals surface area contributed by atoms with E-state index in [1.54, 1.807) is 4.68 Å². The van der Waals surface area contributed by atoms with Crippen LogP contribution in [0.2, 0.25) is 0 Å². The lowest BCUT2D eigenvalue weighted by molar-refractivity contribution is 0.0224. The second-order valence-corrected chi connectivity index (χ2v) is 8.24. The molecule has 28 heavy (non-hydrogen) atoms. The maximum absolute atomic E-state index is 12.6. The minimum Gasteiger partial charge on any atom is -0.444 e. The van der Waals surface area contributed by atoms with Crippen LogP contribution in [-0.4, -0.2) is 32.9 Å². The van der Waals surface area contributed by atoms with Gasteiger partial charge in [-0.15, -0.1) is 0 Å². The number of anilines is 1. The summed E-state index contributed by atoms with van der Waals surface area (Å²) in [5, 5.41) is 5.61. The first-order chi connectivity index (χ1) is 13.3. The highest BCUT2D eigenvalue weighted by molar-refractivity contribution is 5.90. The lowest BCUT2D eigenvalue weighted by Gasteiger charge is -2.28. The van der Waals surface area contributed by atoms with E-state index in [1.807, 2.05) is 74.2 Å². The number of nitrogens with zero attached hydrogens (tertiary/aromatic N) is 3. The van der Waals surface area contributed by atoms with Crippen LogP contribution < -0.4 is 5.73 Å². The molecule has 2 N–H and O–H groups in total. The van der Waals surface area contributed by atoms with E-state index in [-0.39, 0.29) is 12.1 Å². The first kappa shape index (κ1) is 18.3. The minimum atomic E-state index is -0.503. The Morgan fingerprint density at radius 2 is 1.93 bits per heavy atom. The summed E-state index contributed by atoms with van der Waals surface area (Å²) in [6.45, 7) is 6.38. The highest BCUT2D eigenvalue weighted by Crippen LogP contribution is 2.35. The summed E-state index contributed by atoms with van der Waals surface area (Å²) in [6.07, 6.45) is 1.62. The van der Waals surface area contributed by atoms with Gasteiger partial charge in [0.1, 0.15) is 11.4 Å². The third kappa shape index (κ3) is 3.42. The molecule has 2 aromatic carbocycles. The fourth-order valence-corrected chi connectivity index (χ4v) is 3.75. The average molecular weight is 378 g/mol. The van der Waals surface area contributed by atoms with Crippen molar-refractivity contribution in [2.24, 2.45) is 0 Å². The van der Waals surface area contributed by atoms with Crippen molar-refractivity contribution in [1.29, 1.82) is 0 Å². The Labute approximate surface area is 164 Å². The molecule has 0 saturated carbocycles. The van der Waals surface area contributed by atoms with Crippen molar-refractivity contribution in [3.8, 4) is 5.69 Å². The quantitative estimate of drug-likeness (QED) is 0.703. The van der Waals surface area contributed by atoms with Crippen molar-refractivity contribution in [2.45, 2.75) is 45.3 Å². The number of carbonyl (C=O) groups excluding carboxylic acids is 1. The molecule has 1 atom stereocenters. The van der Waals surface area contributed by atoms with E-state index in [2.05, 4.69) is 0 Å². The predicted molar refractivity (Wildman–Crippen MR) is 110 cm³/mol. The molecule has 1 amide bonds. The summed E-state index contributed by atoms with van der Waals surface area (Å²) >= 11 is 0. The van der Waals surface area contributed by atoms with Crippen LogP contribution in [0.3, 0.4) is 0 Å². The topological polar surface area (TPSA) is 73.4 Å². The van der Waals surface area contributed by atoms with Crippen LogP contribution in [0.5, 0.6) is 0 Å². The van der Waals surface area contributed by atoms with E-state index in [0.29, 0.717) is 12.4 Å². The molecule has 1 saturated heterocycles. The normalized spacial score (nSPS) is 17.2. The number of nitrogen functional groups attached to an aromatic ring is 1. The number of nitrogens with two attached hydrogens (primary N) is 1. The van der Waals surface area contributed by atoms with Crippen LogP contribution >= 0.6 is 0 Å². The van der Waals surface area contributed by atoms with Gasteiger partial charge in [-0.25, -0.2) is 9.48 Å². The van der Waals surface area contributed by atoms with Gasteiger partial charge >= 0.3 is 6.09 Å². The van der Waals surface area contributed by atoms with E-state index in [1.165, 1.54) is 0 Å². The van der Waals surface area contributed by atoms with Crippen molar-refractivity contribution < 1.29 is 9.53 Å². The standard InChI is InChI=1S/C22H26N4O2/c1-22(2,3)28-21(27)25-13-7-10-19(25)15-11-12-17-18(14-15)24-26(20(17)23)16-8-5-4-6-9-16/h4-6,8-9,11-12,14,19H,7,10,13,23H2,1-3H3. The molecule has 0 bridgehead atoms. The lowest BCUT2D eigenvalue weighted by Crippen LogP contribution is -2.36. The van der Waals surface area contributed by atoms with Gasteiger partial charge in [-0.3, -0.25) is 0 Å². The largest absolute Gasteiger partial charge is 0.444 e. The molecule has 2 heterocycles. The molecule has 0 aliphatic carbocycles. The molecule has 1 aliphatic heterocycles. The molecule has 0 spiro atoms. The Balaban J connectivity index is 1.67. The summed E-state index contributed by atoms with van der Waals surface area (Å²) in [4.78, 5) is 14.4. The van der Waals surface area contributed by atoms with Crippen LogP contribution in [0, 0.1) is 0 Å². The molecule has 4 rings (SSSR count). The van der Waals surface area contributed by atoms with E-state index in [0.717, 1.165) is 35.0 Å². The highest BCUT2D eigenvalue weighted by atomic mass is 16.6. The SMILES string of the molecule is CC(C)(C)OC(=O)N1CCCC1c1ccc2c(N)n(-c3ccccc3)nc2c1. The summed E-state index contributed by atoms with van der Waals surface area (Å²) in [6, 6.07) is 15.9. The van der Waals surface area contributed by atoms with E-state index in [4.69, 9.17) is 15.6 Å². The van der Waals surface area contributed by atoms with Crippen LogP contribution in [0.4, 0.5) is 10.6 Å². The van der Waals surface area contributed by atoms with Crippen LogP contribution in [0.1, 0.15) is 45.2 Å². The number of hydrogen-bond acceptors (Lipinski definition) is 4. The monoisotopic (exact) mass is 378 g/mol. The van der Waals surface area contributed by atoms with Crippen LogP contribution in [-0.2, 0) is 4.74 Å². The van der Waals surface area contributed by atoms with Gasteiger partial charge in [0.05, 0.1) is 17.2 Å². The average Bonchev–Trinajstić information content (AvgIpc) is 3.26. The van der Waals surface area contributed by atoms with E-state index >= 15 is 0 Å². The van der Waals surface area contributed by atoms with Gasteiger partial charge in [-0.2, -0.15) is 5.10 Å². The Hall–Kier alpha value is -3.02. The van der Waals surface area contributed by atoms with Gasteiger partial charge < -0.3 is 15.4 Å². The molecule has 1 aliphatic rings. The zero-order valence-electron chi connectivity index (χ0n) is 16.6. The molecule has 6 nitrogen and oxygen atoms in total. The third-order valence-corrected chi connectivity index (χ3v) is 5.00. The summed E-state index contributed by atoms with van der Waals surface area (Å²) in [7, 11) is 0. The van der Waals surface area contributed by atoms with Gasteiger partial charge in [0, 0.05) is 11.9 Å². The Kier molecular flexibility index (Phi) is 4.49. The van der Waals surface area contributed by atoms with Crippen molar-refractivity contribution in [3.05, 3.63) is 54.1 Å². The number of rotatable bonds is 2. The van der Waals surface area contributed by atoms with Crippen LogP contribution in [0.15, 0.2) is 48.5 Å². The predicted octanol–water partition coefficient (Wildman–Crippen LogP) is 4.68. The molecule has 1 aromatic heterocycles. The third-order valence-electron chi connectivity index (χ3n) is 5.00. The number of fused-ring (bicyclic) bond motifs is 1. The Morgan fingerprint density at radius 1 is 1.18 bits per heavy atom. The number of likely N-dealkylation sites (tertiary alicyclic amines) is 1. The molecular weight excluding hydrogens is 352 g/mol. The Morgan fingerprint density at radius 3 is 2.64 bits per heavy atom. The second-order valence-electron chi connectivity index (χ2n) is 8.24. The fourth-order valence-electron chi connectivity index (χ4n) is 3.75. The summed E-state index contributed by atoms with van der Waals surface area (Å²) < 4.78 is 7.35. The van der Waals surface area contributed by atoms with Gasteiger partial charge in [0.2, 0.25) is 0 Å². The number of amides is 1. The summed E-state index contributed by atoms with van der Waals surface area (Å²) in [5.74, 6) is 0.614. The molecule has 1 fully saturated rings. The van der Waals surface area contributed by atoms with Crippen molar-refractivity contribution in [1.82, 2.24) is 14.7 Å². The maximum atomic E-state index is 12.6. The van der Waals surface area contributed by atoms with Gasteiger partial charge in [-0.05, 0) is 63.4 Å². The zero-order chi connectivity index (χ0) is 19.9. The second kappa shape index (κ2) is 6.86. The van der Waals surface area contributed by atoms with Gasteiger partial charge in [0.25, 0.3) is 0 Å². The van der Waals surface area contributed by atoms with Crippen molar-refractivity contribution in [3.63, 3.8) is 0 Å². The molecule has 1 unspecified atom stereocenters. The molecular formula is C22H26N4O2. The molecule has 0 radical (unpaired) electrons. The number of ether oxygens (including phenoxy) is 1. The van der Waals surface area contributed by atoms with Crippen LogP contribution in [0.25, 0.3) is 16.6 Å². The number of aromatic nitrogens is 2. The highest BCUT2D eigenvalue weighted by Gasteiger charge is 2.33. The Bertz CT molecular complexity index is 1000. The van der Waals surface area contributed by atoms with Crippen molar-refractivity contribution in [2.75, 3.05) is 12.3 Å². The minimum absolute atomic E-state index is 0.00218. The number of hydrogen-bond donors (Lipinski definition) is 1. The molecule has 6 heteroatoms. The lowest BCUT2D eigenvalue weighted by atomic mass is 10.0. The first-order valence-corrected chi connectivity index (χ1v) is 9.67. The van der Waals surface area contributed by atoms with Crippen molar-refractivity contribution >= 4 is 22.8 Å². The first-order valence-electron chi connectivity index (χ1n) is 9.67. The van der Waals surface area contributed by atoms with Gasteiger partial charge in [-0.1, -0.05) is 24.3 Å². The maximum Gasteiger partial charge on any atom is 0.410 e. The zero-order valence-corrected chi connectivity index (χ0v) is 16.6. The molecule has 3 aromatic rings. The van der Waals surface area contributed by atoms with Gasteiger partial charge in [0.15, 0.2) is 0 Å². The molecule has 146 valence electrons. The summed E-state index contributed by atoms with van der Waals surface area (Å²) in [5.41, 5.74) is 8.65. The number of para-hydroxylation sites is 1. The van der Waals surface area contributed by atoms with E-state index < -0.39 is 5.60 Å². The number of carbonyl (C=O) groups is 1. The van der Waals surface area contributed by atoms with E-state index in [9.17, 15) is 4.79 Å². The smallest absolute Gasteiger partial charge is 0.410 e. The number of benzene rings is 2.